The van der Waals surface area contributed by atoms with Crippen molar-refractivity contribution in [2.24, 2.45) is 5.92 Å². The van der Waals surface area contributed by atoms with Crippen molar-refractivity contribution in [1.82, 2.24) is 0 Å². The molecule has 0 saturated carbocycles. The number of carbonyl (C=O) groups is 4. The van der Waals surface area contributed by atoms with Crippen LogP contribution >= 0.6 is 0 Å². The van der Waals surface area contributed by atoms with Gasteiger partial charge in [0.25, 0.3) is 0 Å². The Bertz CT molecular complexity index is 927. The first-order valence-electron chi connectivity index (χ1n) is 11.8. The second-order valence-electron chi connectivity index (χ2n) is 8.09. The highest BCUT2D eigenvalue weighted by Crippen LogP contribution is 2.16. The van der Waals surface area contributed by atoms with E-state index in [2.05, 4.69) is 0 Å². The Labute approximate surface area is 205 Å². The Balaban J connectivity index is 1.79. The number of aliphatic carboxylic acids is 1. The summed E-state index contributed by atoms with van der Waals surface area (Å²) in [4.78, 5) is 47.4. The molecule has 0 radical (unpaired) electrons. The third-order valence-electron chi connectivity index (χ3n) is 5.35. The van der Waals surface area contributed by atoms with Gasteiger partial charge < -0.3 is 19.3 Å². The third-order valence-corrected chi connectivity index (χ3v) is 5.35. The van der Waals surface area contributed by atoms with E-state index in [0.29, 0.717) is 30.4 Å². The highest BCUT2D eigenvalue weighted by Gasteiger charge is 2.23. The zero-order chi connectivity index (χ0) is 25.3. The van der Waals surface area contributed by atoms with Crippen LogP contribution in [0, 0.1) is 5.92 Å². The topological polar surface area (TPSA) is 116 Å². The molecule has 1 atom stereocenters. The predicted octanol–water partition coefficient (Wildman–Crippen LogP) is 5.02. The molecule has 35 heavy (non-hydrogen) atoms. The first-order valence-corrected chi connectivity index (χ1v) is 11.8. The molecule has 8 heteroatoms. The van der Waals surface area contributed by atoms with Gasteiger partial charge in [0.15, 0.2) is 0 Å². The quantitative estimate of drug-likeness (QED) is 0.200. The van der Waals surface area contributed by atoms with Gasteiger partial charge in [-0.05, 0) is 37.1 Å². The van der Waals surface area contributed by atoms with Crippen LogP contribution in [0.4, 0.5) is 0 Å². The van der Waals surface area contributed by atoms with Crippen molar-refractivity contribution in [2.75, 3.05) is 13.4 Å². The number of unbranched alkanes of at least 4 members (excludes halogenated alkanes) is 5. The molecular formula is C27H32O8. The summed E-state index contributed by atoms with van der Waals surface area (Å²) in [7, 11) is 0. The molecule has 0 aliphatic heterocycles. The Morgan fingerprint density at radius 1 is 0.657 bits per heavy atom. The maximum Gasteiger partial charge on any atom is 0.340 e. The lowest BCUT2D eigenvalue weighted by Gasteiger charge is -2.16. The summed E-state index contributed by atoms with van der Waals surface area (Å²) in [6.07, 6.45) is 5.53. The van der Waals surface area contributed by atoms with Gasteiger partial charge in [0, 0.05) is 6.42 Å². The largest absolute Gasteiger partial charge is 0.481 e. The van der Waals surface area contributed by atoms with E-state index in [-0.39, 0.29) is 13.0 Å². The number of hydrogen-bond acceptors (Lipinski definition) is 7. The minimum atomic E-state index is -0.786. The van der Waals surface area contributed by atoms with Gasteiger partial charge in [-0.25, -0.2) is 9.59 Å². The minimum Gasteiger partial charge on any atom is -0.481 e. The highest BCUT2D eigenvalue weighted by molar-refractivity contribution is 5.90. The number of ether oxygens (including phenoxy) is 3. The maximum absolute atomic E-state index is 12.6. The van der Waals surface area contributed by atoms with Gasteiger partial charge in [-0.15, -0.1) is 0 Å². The second-order valence-corrected chi connectivity index (χ2v) is 8.09. The molecule has 2 aromatic carbocycles. The average Bonchev–Trinajstić information content (AvgIpc) is 2.87. The van der Waals surface area contributed by atoms with E-state index < -0.39 is 36.6 Å². The Morgan fingerprint density at radius 2 is 1.17 bits per heavy atom. The van der Waals surface area contributed by atoms with E-state index in [1.165, 1.54) is 0 Å². The fourth-order valence-electron chi connectivity index (χ4n) is 3.39. The van der Waals surface area contributed by atoms with Crippen LogP contribution in [0.3, 0.4) is 0 Å². The van der Waals surface area contributed by atoms with Gasteiger partial charge in [0.2, 0.25) is 6.79 Å². The number of hydrogen-bond donors (Lipinski definition) is 1. The van der Waals surface area contributed by atoms with Crippen molar-refractivity contribution in [3.8, 4) is 0 Å². The van der Waals surface area contributed by atoms with Crippen molar-refractivity contribution >= 4 is 23.9 Å². The van der Waals surface area contributed by atoms with Gasteiger partial charge in [0.1, 0.15) is 6.61 Å². The number of carbonyl (C=O) groups excluding carboxylic acids is 3. The normalized spacial score (nSPS) is 11.3. The number of benzene rings is 2. The summed E-state index contributed by atoms with van der Waals surface area (Å²) in [6, 6.07) is 16.8. The van der Waals surface area contributed by atoms with E-state index >= 15 is 0 Å². The molecule has 188 valence electrons. The fraction of sp³-hybridized carbons (Fsp3) is 0.407. The highest BCUT2D eigenvalue weighted by atomic mass is 16.7. The molecule has 0 aliphatic carbocycles. The third kappa shape index (κ3) is 11.3. The summed E-state index contributed by atoms with van der Waals surface area (Å²) in [6.45, 7) is -0.670. The molecule has 2 aromatic rings. The van der Waals surface area contributed by atoms with Gasteiger partial charge in [-0.1, -0.05) is 68.5 Å². The van der Waals surface area contributed by atoms with E-state index in [1.807, 2.05) is 0 Å². The molecule has 2 rings (SSSR count). The molecule has 0 aromatic heterocycles. The van der Waals surface area contributed by atoms with E-state index in [9.17, 15) is 19.2 Å². The van der Waals surface area contributed by atoms with Gasteiger partial charge >= 0.3 is 23.9 Å². The number of carboxylic acid groups (broad SMARTS) is 1. The Hall–Kier alpha value is -3.68. The molecule has 0 spiro atoms. The molecule has 0 heterocycles. The average molecular weight is 485 g/mol. The molecule has 1 N–H and O–H groups in total. The Morgan fingerprint density at radius 3 is 1.74 bits per heavy atom. The molecule has 0 bridgehead atoms. The molecule has 0 aliphatic rings. The molecular weight excluding hydrogens is 452 g/mol. The summed E-state index contributed by atoms with van der Waals surface area (Å²) in [5.74, 6) is -3.21. The first kappa shape index (κ1) is 27.6. The summed E-state index contributed by atoms with van der Waals surface area (Å²) in [5, 5.41) is 8.67. The van der Waals surface area contributed by atoms with Crippen LogP contribution in [-0.4, -0.2) is 42.4 Å². The van der Waals surface area contributed by atoms with Gasteiger partial charge in [0.05, 0.1) is 17.0 Å². The minimum absolute atomic E-state index is 0.141. The van der Waals surface area contributed by atoms with Crippen LogP contribution in [0.25, 0.3) is 0 Å². The van der Waals surface area contributed by atoms with Crippen LogP contribution in [0.15, 0.2) is 60.7 Å². The smallest absolute Gasteiger partial charge is 0.340 e. The lowest BCUT2D eigenvalue weighted by molar-refractivity contribution is -0.158. The predicted molar refractivity (Wildman–Crippen MR) is 128 cm³/mol. The fourth-order valence-corrected chi connectivity index (χ4v) is 3.39. The summed E-state index contributed by atoms with van der Waals surface area (Å²) < 4.78 is 15.5. The van der Waals surface area contributed by atoms with Crippen molar-refractivity contribution in [1.29, 1.82) is 0 Å². The van der Waals surface area contributed by atoms with Crippen LogP contribution in [0.2, 0.25) is 0 Å². The second kappa shape index (κ2) is 16.0. The molecule has 0 fully saturated rings. The lowest BCUT2D eigenvalue weighted by atomic mass is 10.0. The van der Waals surface area contributed by atoms with E-state index in [1.54, 1.807) is 60.7 Å². The SMILES string of the molecule is O=C(O)CCCCCCCCC(COC(=O)c1ccccc1)C(=O)OCOC(=O)c1ccccc1. The van der Waals surface area contributed by atoms with Crippen LogP contribution < -0.4 is 0 Å². The summed E-state index contributed by atoms with van der Waals surface area (Å²) in [5.41, 5.74) is 0.734. The van der Waals surface area contributed by atoms with Crippen molar-refractivity contribution in [2.45, 2.75) is 51.4 Å². The Kier molecular flexibility index (Phi) is 12.6. The van der Waals surface area contributed by atoms with Crippen molar-refractivity contribution in [3.63, 3.8) is 0 Å². The number of esters is 3. The zero-order valence-corrected chi connectivity index (χ0v) is 19.7. The van der Waals surface area contributed by atoms with Crippen LogP contribution in [0.5, 0.6) is 0 Å². The van der Waals surface area contributed by atoms with Crippen LogP contribution in [0.1, 0.15) is 72.1 Å². The standard InChI is InChI=1S/C27H32O8/c28-24(29)18-12-4-2-1-3-7-17-23(19-33-25(30)21-13-8-5-9-14-21)27(32)35-20-34-26(31)22-15-10-6-11-16-22/h5-6,8-11,13-16,23H,1-4,7,12,17-20H2,(H,28,29). The number of carboxylic acids is 1. The maximum atomic E-state index is 12.6. The van der Waals surface area contributed by atoms with Crippen molar-refractivity contribution < 1.29 is 38.5 Å². The first-order chi connectivity index (χ1) is 17.0. The van der Waals surface area contributed by atoms with Crippen LogP contribution in [-0.2, 0) is 23.8 Å². The lowest BCUT2D eigenvalue weighted by Crippen LogP contribution is -2.26. The molecule has 1 unspecified atom stereocenters. The van der Waals surface area contributed by atoms with Crippen molar-refractivity contribution in [3.05, 3.63) is 71.8 Å². The summed E-state index contributed by atoms with van der Waals surface area (Å²) >= 11 is 0. The number of rotatable bonds is 16. The van der Waals surface area contributed by atoms with E-state index in [4.69, 9.17) is 19.3 Å². The molecule has 0 saturated heterocycles. The molecule has 0 amide bonds. The monoisotopic (exact) mass is 484 g/mol. The zero-order valence-electron chi connectivity index (χ0n) is 19.7. The van der Waals surface area contributed by atoms with Gasteiger partial charge in [-0.3, -0.25) is 9.59 Å². The van der Waals surface area contributed by atoms with Gasteiger partial charge in [-0.2, -0.15) is 0 Å². The molecule has 8 nitrogen and oxygen atoms in total. The van der Waals surface area contributed by atoms with E-state index in [0.717, 1.165) is 25.7 Å².